The van der Waals surface area contributed by atoms with Gasteiger partial charge in [0, 0.05) is 30.8 Å². The molecule has 0 saturated heterocycles. The van der Waals surface area contributed by atoms with Crippen LogP contribution in [0.25, 0.3) is 10.1 Å². The topological polar surface area (TPSA) is 20.2 Å². The molecule has 74 valence electrons. The molecule has 1 N–H and O–H groups in total. The first kappa shape index (κ1) is 10.4. The van der Waals surface area contributed by atoms with Crippen molar-refractivity contribution in [1.29, 1.82) is 0 Å². The van der Waals surface area contributed by atoms with E-state index in [1.165, 1.54) is 0 Å². The van der Waals surface area contributed by atoms with Gasteiger partial charge in [0.05, 0.1) is 6.61 Å². The van der Waals surface area contributed by atoms with Crippen molar-refractivity contribution in [3.8, 4) is 0 Å². The van der Waals surface area contributed by atoms with Crippen molar-refractivity contribution < 1.29 is 5.11 Å². The fourth-order valence-corrected chi connectivity index (χ4v) is 3.55. The van der Waals surface area contributed by atoms with E-state index in [9.17, 15) is 5.11 Å². The summed E-state index contributed by atoms with van der Waals surface area (Å²) in [7, 11) is 0. The highest BCUT2D eigenvalue weighted by Gasteiger charge is 2.09. The third-order valence-corrected chi connectivity index (χ3v) is 4.58. The highest BCUT2D eigenvalue weighted by Crippen LogP contribution is 2.35. The maximum atomic E-state index is 9.33. The molecule has 0 amide bonds. The number of aliphatic hydroxyl groups excluding tert-OH is 1. The minimum Gasteiger partial charge on any atom is -0.392 e. The van der Waals surface area contributed by atoms with Gasteiger partial charge in [0.1, 0.15) is 0 Å². The number of thiophene rings is 1. The number of hydrogen-bond acceptors (Lipinski definition) is 4. The first-order valence-corrected chi connectivity index (χ1v) is 6.70. The molecule has 0 aliphatic rings. The molecule has 0 unspecified atom stereocenters. The van der Waals surface area contributed by atoms with Crippen molar-refractivity contribution in [2.75, 3.05) is 6.26 Å². The number of thiol groups is 1. The molecule has 0 aliphatic carbocycles. The lowest BCUT2D eigenvalue weighted by molar-refractivity contribution is 0.281. The van der Waals surface area contributed by atoms with Crippen molar-refractivity contribution >= 4 is 45.8 Å². The fraction of sp³-hybridized carbons (Fsp3) is 0.200. The summed E-state index contributed by atoms with van der Waals surface area (Å²) >= 11 is 7.68. The Hall–Kier alpha value is -0.160. The number of hydrogen-bond donors (Lipinski definition) is 2. The monoisotopic (exact) mass is 242 g/mol. The summed E-state index contributed by atoms with van der Waals surface area (Å²) in [5.74, 6) is 0. The molecule has 0 spiro atoms. The smallest absolute Gasteiger partial charge is 0.0706 e. The lowest BCUT2D eigenvalue weighted by Crippen LogP contribution is -1.87. The summed E-state index contributed by atoms with van der Waals surface area (Å²) in [5, 5.41) is 12.5. The fourth-order valence-electron chi connectivity index (χ4n) is 1.47. The molecule has 1 heterocycles. The molecule has 2 rings (SSSR count). The molecule has 4 heteroatoms. The van der Waals surface area contributed by atoms with Gasteiger partial charge >= 0.3 is 0 Å². The second-order valence-corrected chi connectivity index (χ2v) is 5.11. The maximum absolute atomic E-state index is 9.33. The molecule has 1 aromatic carbocycles. The summed E-state index contributed by atoms with van der Waals surface area (Å²) < 4.78 is 1.16. The van der Waals surface area contributed by atoms with E-state index < -0.39 is 0 Å². The van der Waals surface area contributed by atoms with Gasteiger partial charge in [-0.05, 0) is 12.3 Å². The Kier molecular flexibility index (Phi) is 3.07. The Morgan fingerprint density at radius 2 is 2.29 bits per heavy atom. The van der Waals surface area contributed by atoms with Crippen LogP contribution in [0.5, 0.6) is 0 Å². The van der Waals surface area contributed by atoms with Crippen molar-refractivity contribution in [3.63, 3.8) is 0 Å². The van der Waals surface area contributed by atoms with Crippen molar-refractivity contribution in [2.45, 2.75) is 16.4 Å². The van der Waals surface area contributed by atoms with Crippen molar-refractivity contribution in [1.82, 2.24) is 0 Å². The first-order chi connectivity index (χ1) is 6.77. The molecule has 1 aromatic heterocycles. The van der Waals surface area contributed by atoms with Crippen LogP contribution < -0.4 is 0 Å². The summed E-state index contributed by atoms with van der Waals surface area (Å²) in [6.07, 6.45) is 2.02. The molecule has 2 aromatic rings. The van der Waals surface area contributed by atoms with Gasteiger partial charge in [-0.25, -0.2) is 0 Å². The van der Waals surface area contributed by atoms with Crippen LogP contribution >= 0.6 is 35.7 Å². The molecule has 0 fully saturated rings. The number of benzene rings is 1. The first-order valence-electron chi connectivity index (χ1n) is 4.14. The van der Waals surface area contributed by atoms with Crippen molar-refractivity contribution in [3.05, 3.63) is 23.1 Å². The predicted molar refractivity (Wildman–Crippen MR) is 66.8 cm³/mol. The summed E-state index contributed by atoms with van der Waals surface area (Å²) in [4.78, 5) is 2.14. The van der Waals surface area contributed by atoms with Gasteiger partial charge in [-0.2, -0.15) is 0 Å². The zero-order chi connectivity index (χ0) is 10.1. The number of fused-ring (bicyclic) bond motifs is 1. The van der Waals surface area contributed by atoms with Crippen LogP contribution in [-0.4, -0.2) is 11.4 Å². The van der Waals surface area contributed by atoms with Gasteiger partial charge < -0.3 is 5.11 Å². The van der Waals surface area contributed by atoms with E-state index in [1.54, 1.807) is 23.1 Å². The third-order valence-electron chi connectivity index (χ3n) is 2.16. The van der Waals surface area contributed by atoms with E-state index in [2.05, 4.69) is 18.7 Å². The zero-order valence-electron chi connectivity index (χ0n) is 7.65. The molecule has 0 atom stereocenters. The van der Waals surface area contributed by atoms with E-state index >= 15 is 0 Å². The molecule has 1 nitrogen and oxygen atoms in total. The van der Waals surface area contributed by atoms with Gasteiger partial charge in [0.2, 0.25) is 0 Å². The van der Waals surface area contributed by atoms with Gasteiger partial charge in [-0.1, -0.05) is 6.07 Å². The Labute approximate surface area is 96.6 Å². The zero-order valence-corrected chi connectivity index (χ0v) is 10.2. The molecular formula is C10H10OS3. The molecule has 0 saturated carbocycles. The van der Waals surface area contributed by atoms with Crippen LogP contribution in [-0.2, 0) is 6.61 Å². The number of aliphatic hydroxyl groups is 1. The second-order valence-electron chi connectivity index (χ2n) is 2.90. The Balaban J connectivity index is 2.77. The Morgan fingerprint density at radius 1 is 1.50 bits per heavy atom. The SMILES string of the molecule is CSc1ccc2c(S)csc2c1CO. The average molecular weight is 242 g/mol. The van der Waals surface area contributed by atoms with E-state index in [0.717, 1.165) is 25.4 Å². The average Bonchev–Trinajstić information content (AvgIpc) is 2.59. The minimum atomic E-state index is 0.0985. The second kappa shape index (κ2) is 4.14. The van der Waals surface area contributed by atoms with Crippen molar-refractivity contribution in [2.24, 2.45) is 0 Å². The quantitative estimate of drug-likeness (QED) is 0.622. The maximum Gasteiger partial charge on any atom is 0.0706 e. The molecular weight excluding hydrogens is 232 g/mol. The molecule has 14 heavy (non-hydrogen) atoms. The predicted octanol–water partition coefficient (Wildman–Crippen LogP) is 3.40. The van der Waals surface area contributed by atoms with Crippen LogP contribution in [0.3, 0.4) is 0 Å². The normalized spacial score (nSPS) is 11.1. The van der Waals surface area contributed by atoms with E-state index in [0.29, 0.717) is 0 Å². The minimum absolute atomic E-state index is 0.0985. The highest BCUT2D eigenvalue weighted by molar-refractivity contribution is 7.98. The summed E-state index contributed by atoms with van der Waals surface area (Å²) in [6.45, 7) is 0.0985. The molecule has 0 bridgehead atoms. The third kappa shape index (κ3) is 1.56. The van der Waals surface area contributed by atoms with E-state index in [-0.39, 0.29) is 6.61 Å². The Bertz CT molecular complexity index is 462. The highest BCUT2D eigenvalue weighted by atomic mass is 32.2. The number of thioether (sulfide) groups is 1. The van der Waals surface area contributed by atoms with Crippen LogP contribution in [0.15, 0.2) is 27.3 Å². The Morgan fingerprint density at radius 3 is 2.93 bits per heavy atom. The van der Waals surface area contributed by atoms with Gasteiger partial charge in [0.15, 0.2) is 0 Å². The lowest BCUT2D eigenvalue weighted by atomic mass is 10.2. The van der Waals surface area contributed by atoms with E-state index in [4.69, 9.17) is 0 Å². The van der Waals surface area contributed by atoms with Crippen LogP contribution in [0.1, 0.15) is 5.56 Å². The summed E-state index contributed by atoms with van der Waals surface area (Å²) in [6, 6.07) is 4.12. The van der Waals surface area contributed by atoms with Crippen LogP contribution in [0, 0.1) is 0 Å². The van der Waals surface area contributed by atoms with Crippen LogP contribution in [0.4, 0.5) is 0 Å². The van der Waals surface area contributed by atoms with Gasteiger partial charge in [-0.15, -0.1) is 35.7 Å². The van der Waals surface area contributed by atoms with Crippen LogP contribution in [0.2, 0.25) is 0 Å². The van der Waals surface area contributed by atoms with Gasteiger partial charge in [-0.3, -0.25) is 0 Å². The largest absolute Gasteiger partial charge is 0.392 e. The molecule has 0 aliphatic heterocycles. The standard InChI is InChI=1S/C10H10OS3/c1-13-9-3-2-6-8(12)5-14-10(6)7(9)4-11/h2-3,5,11-12H,4H2,1H3. The van der Waals surface area contributed by atoms with Gasteiger partial charge in [0.25, 0.3) is 0 Å². The van der Waals surface area contributed by atoms with E-state index in [1.807, 2.05) is 17.7 Å². The molecule has 0 radical (unpaired) electrons. The number of rotatable bonds is 2. The summed E-state index contributed by atoms with van der Waals surface area (Å²) in [5.41, 5.74) is 1.03. The lowest BCUT2D eigenvalue weighted by Gasteiger charge is -2.05.